The number of hydrogen-bond acceptors (Lipinski definition) is 4. The van der Waals surface area contributed by atoms with E-state index in [-0.39, 0.29) is 33.3 Å². The van der Waals surface area contributed by atoms with Crippen molar-refractivity contribution in [1.82, 2.24) is 4.31 Å². The molecule has 1 aliphatic rings. The third-order valence-corrected chi connectivity index (χ3v) is 5.92. The first-order valence-electron chi connectivity index (χ1n) is 6.23. The zero-order valence-corrected chi connectivity index (χ0v) is 13.9. The van der Waals surface area contributed by atoms with Gasteiger partial charge in [-0.15, -0.1) is 12.4 Å². The quantitative estimate of drug-likeness (QED) is 0.903. The van der Waals surface area contributed by atoms with E-state index in [0.717, 1.165) is 0 Å². The van der Waals surface area contributed by atoms with Crippen molar-refractivity contribution in [1.29, 1.82) is 5.26 Å². The lowest BCUT2D eigenvalue weighted by atomic mass is 9.90. The van der Waals surface area contributed by atoms with Gasteiger partial charge in [0.2, 0.25) is 10.0 Å². The second kappa shape index (κ2) is 6.51. The maximum absolute atomic E-state index is 12.6. The molecule has 1 aliphatic heterocycles. The second-order valence-electron chi connectivity index (χ2n) is 5.33. The molecule has 1 atom stereocenters. The summed E-state index contributed by atoms with van der Waals surface area (Å²) in [5.74, 6) is 0. The van der Waals surface area contributed by atoms with E-state index in [2.05, 4.69) is 0 Å². The van der Waals surface area contributed by atoms with E-state index in [9.17, 15) is 8.42 Å². The highest BCUT2D eigenvalue weighted by molar-refractivity contribution is 7.89. The maximum Gasteiger partial charge on any atom is 0.244 e. The SMILES string of the molecule is CC1(CN)CCN(S(=O)(=O)c2cccc(Cl)c2C#N)C1.Cl. The number of halogens is 2. The Morgan fingerprint density at radius 2 is 2.19 bits per heavy atom. The molecule has 0 spiro atoms. The van der Waals surface area contributed by atoms with Crippen LogP contribution in [0.25, 0.3) is 0 Å². The number of benzene rings is 1. The molecule has 0 bridgehead atoms. The van der Waals surface area contributed by atoms with E-state index in [1.165, 1.54) is 22.5 Å². The standard InChI is InChI=1S/C13H16ClN3O2S.ClH/c1-13(8-16)5-6-17(9-13)20(18,19)12-4-2-3-11(14)10(12)7-15;/h2-4H,5-6,8-9,16H2,1H3;1H. The summed E-state index contributed by atoms with van der Waals surface area (Å²) in [5.41, 5.74) is 5.48. The minimum Gasteiger partial charge on any atom is -0.330 e. The molecule has 1 aromatic carbocycles. The van der Waals surface area contributed by atoms with Crippen molar-refractivity contribution in [3.05, 3.63) is 28.8 Å². The van der Waals surface area contributed by atoms with E-state index in [1.807, 2.05) is 13.0 Å². The molecule has 0 radical (unpaired) electrons. The largest absolute Gasteiger partial charge is 0.330 e. The van der Waals surface area contributed by atoms with Crippen LogP contribution >= 0.6 is 24.0 Å². The van der Waals surface area contributed by atoms with Crippen molar-refractivity contribution < 1.29 is 8.42 Å². The average molecular weight is 350 g/mol. The summed E-state index contributed by atoms with van der Waals surface area (Å²) in [4.78, 5) is -0.0335. The highest BCUT2D eigenvalue weighted by atomic mass is 35.5. The summed E-state index contributed by atoms with van der Waals surface area (Å²) in [6, 6.07) is 6.32. The van der Waals surface area contributed by atoms with Gasteiger partial charge in [0.05, 0.1) is 10.6 Å². The van der Waals surface area contributed by atoms with Gasteiger partial charge in [0, 0.05) is 13.1 Å². The number of sulfonamides is 1. The molecule has 0 saturated carbocycles. The highest BCUT2D eigenvalue weighted by Crippen LogP contribution is 2.34. The van der Waals surface area contributed by atoms with Crippen LogP contribution in [-0.4, -0.2) is 32.4 Å². The van der Waals surface area contributed by atoms with Crippen LogP contribution in [0.3, 0.4) is 0 Å². The Morgan fingerprint density at radius 3 is 2.71 bits per heavy atom. The molecular formula is C13H17Cl2N3O2S. The fraction of sp³-hybridized carbons (Fsp3) is 0.462. The van der Waals surface area contributed by atoms with Gasteiger partial charge in [-0.25, -0.2) is 8.42 Å². The van der Waals surface area contributed by atoms with Crippen molar-refractivity contribution in [2.24, 2.45) is 11.1 Å². The number of nitrogens with zero attached hydrogens (tertiary/aromatic N) is 2. The highest BCUT2D eigenvalue weighted by Gasteiger charge is 2.39. The molecule has 1 heterocycles. The Morgan fingerprint density at radius 1 is 1.52 bits per heavy atom. The number of nitriles is 1. The van der Waals surface area contributed by atoms with E-state index in [0.29, 0.717) is 26.1 Å². The van der Waals surface area contributed by atoms with Crippen LogP contribution < -0.4 is 5.73 Å². The molecule has 1 fully saturated rings. The van der Waals surface area contributed by atoms with Crippen molar-refractivity contribution in [3.63, 3.8) is 0 Å². The molecule has 2 N–H and O–H groups in total. The van der Waals surface area contributed by atoms with Gasteiger partial charge in [-0.3, -0.25) is 0 Å². The zero-order chi connectivity index (χ0) is 15.0. The number of nitrogens with two attached hydrogens (primary N) is 1. The van der Waals surface area contributed by atoms with Gasteiger partial charge in [-0.1, -0.05) is 24.6 Å². The Labute approximate surface area is 136 Å². The molecule has 0 aromatic heterocycles. The lowest BCUT2D eigenvalue weighted by Gasteiger charge is -2.22. The van der Waals surface area contributed by atoms with Gasteiger partial charge < -0.3 is 5.73 Å². The van der Waals surface area contributed by atoms with E-state index >= 15 is 0 Å². The van der Waals surface area contributed by atoms with Crippen molar-refractivity contribution in [2.45, 2.75) is 18.2 Å². The van der Waals surface area contributed by atoms with Crippen LogP contribution in [0.1, 0.15) is 18.9 Å². The summed E-state index contributed by atoms with van der Waals surface area (Å²) in [5, 5.41) is 9.26. The lowest BCUT2D eigenvalue weighted by Crippen LogP contribution is -2.34. The summed E-state index contributed by atoms with van der Waals surface area (Å²) in [6.07, 6.45) is 0.713. The lowest BCUT2D eigenvalue weighted by molar-refractivity contribution is 0.349. The van der Waals surface area contributed by atoms with Crippen molar-refractivity contribution >= 4 is 34.0 Å². The van der Waals surface area contributed by atoms with Crippen molar-refractivity contribution in [2.75, 3.05) is 19.6 Å². The minimum atomic E-state index is -3.71. The van der Waals surface area contributed by atoms with E-state index < -0.39 is 10.0 Å². The summed E-state index contributed by atoms with van der Waals surface area (Å²) < 4.78 is 26.7. The predicted octanol–water partition coefficient (Wildman–Crippen LogP) is 1.99. The first kappa shape index (κ1) is 18.2. The molecule has 0 amide bonds. The third-order valence-electron chi connectivity index (χ3n) is 3.72. The van der Waals surface area contributed by atoms with E-state index in [4.69, 9.17) is 22.6 Å². The van der Waals surface area contributed by atoms with Crippen LogP contribution in [-0.2, 0) is 10.0 Å². The van der Waals surface area contributed by atoms with Gasteiger partial charge in [0.1, 0.15) is 11.0 Å². The molecule has 1 unspecified atom stereocenters. The normalized spacial score (nSPS) is 22.6. The minimum absolute atomic E-state index is 0. The summed E-state index contributed by atoms with van der Waals surface area (Å²) in [6.45, 7) is 3.17. The van der Waals surface area contributed by atoms with Crippen LogP contribution in [0.2, 0.25) is 5.02 Å². The maximum atomic E-state index is 12.6. The molecule has 8 heteroatoms. The molecule has 5 nitrogen and oxygen atoms in total. The number of rotatable bonds is 3. The average Bonchev–Trinajstić information content (AvgIpc) is 2.82. The Hall–Kier alpha value is -0.840. The monoisotopic (exact) mass is 349 g/mol. The Balaban J connectivity index is 0.00000220. The first-order chi connectivity index (χ1) is 9.34. The fourth-order valence-electron chi connectivity index (χ4n) is 2.32. The van der Waals surface area contributed by atoms with Gasteiger partial charge in [-0.05, 0) is 30.5 Å². The van der Waals surface area contributed by atoms with Gasteiger partial charge in [0.15, 0.2) is 0 Å². The molecule has 0 aliphatic carbocycles. The third kappa shape index (κ3) is 3.33. The first-order valence-corrected chi connectivity index (χ1v) is 8.05. The molecular weight excluding hydrogens is 333 g/mol. The summed E-state index contributed by atoms with van der Waals surface area (Å²) >= 11 is 5.90. The van der Waals surface area contributed by atoms with E-state index in [1.54, 1.807) is 0 Å². The van der Waals surface area contributed by atoms with Crippen LogP contribution in [0, 0.1) is 16.7 Å². The predicted molar refractivity (Wildman–Crippen MR) is 84.0 cm³/mol. The number of hydrogen-bond donors (Lipinski definition) is 1. The molecule has 1 saturated heterocycles. The molecule has 116 valence electrons. The smallest absolute Gasteiger partial charge is 0.244 e. The second-order valence-corrected chi connectivity index (χ2v) is 7.64. The summed E-state index contributed by atoms with van der Waals surface area (Å²) in [7, 11) is -3.71. The Kier molecular flexibility index (Phi) is 5.64. The van der Waals surface area contributed by atoms with Crippen LogP contribution in [0.15, 0.2) is 23.1 Å². The molecule has 21 heavy (non-hydrogen) atoms. The zero-order valence-electron chi connectivity index (χ0n) is 11.5. The van der Waals surface area contributed by atoms with Gasteiger partial charge in [-0.2, -0.15) is 9.57 Å². The fourth-order valence-corrected chi connectivity index (χ4v) is 4.35. The molecule has 2 rings (SSSR count). The van der Waals surface area contributed by atoms with Gasteiger partial charge >= 0.3 is 0 Å². The Bertz CT molecular complexity index is 672. The molecule has 1 aromatic rings. The van der Waals surface area contributed by atoms with Crippen LogP contribution in [0.5, 0.6) is 0 Å². The van der Waals surface area contributed by atoms with Crippen molar-refractivity contribution in [3.8, 4) is 6.07 Å². The topological polar surface area (TPSA) is 87.2 Å². The van der Waals surface area contributed by atoms with Gasteiger partial charge in [0.25, 0.3) is 0 Å². The van der Waals surface area contributed by atoms with Crippen LogP contribution in [0.4, 0.5) is 0 Å².